The van der Waals surface area contributed by atoms with E-state index < -0.39 is 10.0 Å². The molecule has 1 fully saturated rings. The maximum absolute atomic E-state index is 13.0. The molecular formula is C23H25ClN4O4S. The van der Waals surface area contributed by atoms with Crippen molar-refractivity contribution < 1.29 is 17.7 Å². The van der Waals surface area contributed by atoms with Crippen LogP contribution in [0.3, 0.4) is 0 Å². The fourth-order valence-electron chi connectivity index (χ4n) is 3.65. The van der Waals surface area contributed by atoms with Gasteiger partial charge in [0.25, 0.3) is 0 Å². The molecule has 0 saturated carbocycles. The molecule has 33 heavy (non-hydrogen) atoms. The summed E-state index contributed by atoms with van der Waals surface area (Å²) in [6, 6.07) is 12.2. The van der Waals surface area contributed by atoms with Crippen LogP contribution in [0.25, 0.3) is 11.4 Å². The molecule has 3 aromatic rings. The maximum atomic E-state index is 13.0. The molecule has 0 aliphatic carbocycles. The predicted molar refractivity (Wildman–Crippen MR) is 124 cm³/mol. The van der Waals surface area contributed by atoms with Crippen LogP contribution < -0.4 is 0 Å². The molecule has 10 heteroatoms. The van der Waals surface area contributed by atoms with Crippen molar-refractivity contribution in [2.45, 2.75) is 31.6 Å². The Morgan fingerprint density at radius 1 is 1.03 bits per heavy atom. The van der Waals surface area contributed by atoms with Crippen LogP contribution in [0, 0.1) is 13.8 Å². The first-order chi connectivity index (χ1) is 15.7. The fourth-order valence-corrected chi connectivity index (χ4v) is 5.28. The quantitative estimate of drug-likeness (QED) is 0.527. The minimum atomic E-state index is -3.58. The largest absolute Gasteiger partial charge is 0.340 e. The Balaban J connectivity index is 1.31. The third-order valence-electron chi connectivity index (χ3n) is 5.83. The number of amides is 1. The molecule has 4 rings (SSSR count). The van der Waals surface area contributed by atoms with Crippen molar-refractivity contribution in [3.63, 3.8) is 0 Å². The number of piperazine rings is 1. The van der Waals surface area contributed by atoms with Crippen molar-refractivity contribution in [1.29, 1.82) is 0 Å². The van der Waals surface area contributed by atoms with Gasteiger partial charge in [0.15, 0.2) is 0 Å². The van der Waals surface area contributed by atoms with Gasteiger partial charge in [-0.1, -0.05) is 22.8 Å². The number of hydrogen-bond acceptors (Lipinski definition) is 6. The Labute approximate surface area is 198 Å². The lowest BCUT2D eigenvalue weighted by Crippen LogP contribution is -2.50. The normalized spacial score (nSPS) is 15.1. The third-order valence-corrected chi connectivity index (χ3v) is 7.98. The summed E-state index contributed by atoms with van der Waals surface area (Å²) in [6.07, 6.45) is 0.534. The Bertz CT molecular complexity index is 1250. The topological polar surface area (TPSA) is 96.6 Å². The first-order valence-corrected chi connectivity index (χ1v) is 12.5. The van der Waals surface area contributed by atoms with Crippen LogP contribution in [0.15, 0.2) is 51.9 Å². The fraction of sp³-hybridized carbons (Fsp3) is 0.348. The zero-order valence-electron chi connectivity index (χ0n) is 18.5. The first kappa shape index (κ1) is 23.4. The highest BCUT2D eigenvalue weighted by molar-refractivity contribution is 7.89. The number of carbonyl (C=O) groups excluding carboxylic acids is 1. The van der Waals surface area contributed by atoms with Crippen LogP contribution in [0.2, 0.25) is 5.02 Å². The van der Waals surface area contributed by atoms with E-state index in [1.54, 1.807) is 41.3 Å². The van der Waals surface area contributed by atoms with Gasteiger partial charge in [-0.15, -0.1) is 0 Å². The van der Waals surface area contributed by atoms with Crippen LogP contribution in [0.4, 0.5) is 0 Å². The highest BCUT2D eigenvalue weighted by Gasteiger charge is 2.30. The van der Waals surface area contributed by atoms with Gasteiger partial charge in [-0.25, -0.2) is 8.42 Å². The smallest absolute Gasteiger partial charge is 0.243 e. The Kier molecular flexibility index (Phi) is 6.83. The Hall–Kier alpha value is -2.75. The molecule has 1 saturated heterocycles. The Morgan fingerprint density at radius 2 is 1.73 bits per heavy atom. The summed E-state index contributed by atoms with van der Waals surface area (Å²) >= 11 is 5.90. The zero-order valence-corrected chi connectivity index (χ0v) is 20.1. The van der Waals surface area contributed by atoms with Crippen molar-refractivity contribution in [2.75, 3.05) is 26.2 Å². The third kappa shape index (κ3) is 5.26. The molecule has 1 aromatic heterocycles. The number of aryl methyl sites for hydroxylation is 3. The average Bonchev–Trinajstić information content (AvgIpc) is 3.29. The number of hydrogen-bond donors (Lipinski definition) is 0. The van der Waals surface area contributed by atoms with E-state index in [0.717, 1.165) is 16.7 Å². The summed E-state index contributed by atoms with van der Waals surface area (Å²) in [5, 5.41) is 4.58. The van der Waals surface area contributed by atoms with Crippen LogP contribution in [0.1, 0.15) is 23.4 Å². The Morgan fingerprint density at radius 3 is 2.39 bits per heavy atom. The summed E-state index contributed by atoms with van der Waals surface area (Å²) in [7, 11) is -3.58. The number of carbonyl (C=O) groups is 1. The summed E-state index contributed by atoms with van der Waals surface area (Å²) in [5.41, 5.74) is 2.76. The standard InChI is InChI=1S/C23H25ClN4O4S/c1-16-3-8-20(15-17(16)2)33(30,31)28-13-11-27(12-14-28)22(29)10-9-21-25-23(26-32-21)18-4-6-19(24)7-5-18/h3-8,15H,9-14H2,1-2H3. The lowest BCUT2D eigenvalue weighted by Gasteiger charge is -2.34. The summed E-state index contributed by atoms with van der Waals surface area (Å²) in [4.78, 5) is 19.0. The van der Waals surface area contributed by atoms with Crippen LogP contribution in [-0.4, -0.2) is 59.8 Å². The van der Waals surface area contributed by atoms with E-state index in [1.807, 2.05) is 19.9 Å². The molecule has 1 amide bonds. The van der Waals surface area contributed by atoms with Gasteiger partial charge < -0.3 is 9.42 Å². The number of halogens is 1. The highest BCUT2D eigenvalue weighted by Crippen LogP contribution is 2.22. The van der Waals surface area contributed by atoms with Crippen molar-refractivity contribution in [3.8, 4) is 11.4 Å². The van der Waals surface area contributed by atoms with Gasteiger partial charge in [0.2, 0.25) is 27.6 Å². The van der Waals surface area contributed by atoms with E-state index in [0.29, 0.717) is 41.1 Å². The average molecular weight is 489 g/mol. The molecule has 1 aliphatic rings. The van der Waals surface area contributed by atoms with E-state index in [9.17, 15) is 13.2 Å². The molecule has 0 N–H and O–H groups in total. The minimum absolute atomic E-state index is 0.0653. The number of nitrogens with zero attached hydrogens (tertiary/aromatic N) is 4. The molecule has 2 heterocycles. The van der Waals surface area contributed by atoms with E-state index >= 15 is 0 Å². The van der Waals surface area contributed by atoms with Gasteiger partial charge in [-0.05, 0) is 61.4 Å². The van der Waals surface area contributed by atoms with Crippen LogP contribution in [0.5, 0.6) is 0 Å². The number of rotatable bonds is 6. The van der Waals surface area contributed by atoms with Gasteiger partial charge in [-0.3, -0.25) is 4.79 Å². The monoisotopic (exact) mass is 488 g/mol. The highest BCUT2D eigenvalue weighted by atomic mass is 35.5. The summed E-state index contributed by atoms with van der Waals surface area (Å²) in [6.45, 7) is 5.08. The van der Waals surface area contributed by atoms with E-state index in [1.165, 1.54) is 4.31 Å². The second kappa shape index (κ2) is 9.62. The second-order valence-corrected chi connectivity index (χ2v) is 10.4. The molecule has 0 radical (unpaired) electrons. The summed E-state index contributed by atoms with van der Waals surface area (Å²) < 4.78 is 32.6. The van der Waals surface area contributed by atoms with Gasteiger partial charge in [0.05, 0.1) is 4.90 Å². The predicted octanol–water partition coefficient (Wildman–Crippen LogP) is 3.47. The molecule has 2 aromatic carbocycles. The molecule has 8 nitrogen and oxygen atoms in total. The van der Waals surface area contributed by atoms with Gasteiger partial charge in [-0.2, -0.15) is 9.29 Å². The van der Waals surface area contributed by atoms with E-state index in [2.05, 4.69) is 10.1 Å². The van der Waals surface area contributed by atoms with Crippen molar-refractivity contribution >= 4 is 27.5 Å². The van der Waals surface area contributed by atoms with Crippen molar-refractivity contribution in [2.24, 2.45) is 0 Å². The van der Waals surface area contributed by atoms with E-state index in [-0.39, 0.29) is 25.4 Å². The zero-order chi connectivity index (χ0) is 23.6. The maximum Gasteiger partial charge on any atom is 0.243 e. The lowest BCUT2D eigenvalue weighted by atomic mass is 10.1. The molecular weight excluding hydrogens is 464 g/mol. The van der Waals surface area contributed by atoms with Crippen molar-refractivity contribution in [3.05, 3.63) is 64.5 Å². The summed E-state index contributed by atoms with van der Waals surface area (Å²) in [5.74, 6) is 0.757. The minimum Gasteiger partial charge on any atom is -0.340 e. The molecule has 0 bridgehead atoms. The number of aromatic nitrogens is 2. The molecule has 0 spiro atoms. The van der Waals surface area contributed by atoms with Crippen LogP contribution >= 0.6 is 11.6 Å². The van der Waals surface area contributed by atoms with Crippen molar-refractivity contribution in [1.82, 2.24) is 19.3 Å². The van der Waals surface area contributed by atoms with E-state index in [4.69, 9.17) is 16.1 Å². The van der Waals surface area contributed by atoms with Gasteiger partial charge in [0.1, 0.15) is 0 Å². The lowest BCUT2D eigenvalue weighted by molar-refractivity contribution is -0.132. The second-order valence-electron chi connectivity index (χ2n) is 8.05. The number of sulfonamides is 1. The van der Waals surface area contributed by atoms with Crippen LogP contribution in [-0.2, 0) is 21.2 Å². The van der Waals surface area contributed by atoms with Gasteiger partial charge >= 0.3 is 0 Å². The number of benzene rings is 2. The molecule has 0 atom stereocenters. The molecule has 1 aliphatic heterocycles. The molecule has 174 valence electrons. The first-order valence-electron chi connectivity index (χ1n) is 10.7. The van der Waals surface area contributed by atoms with Gasteiger partial charge in [0, 0.05) is 49.6 Å². The molecule has 0 unspecified atom stereocenters. The SMILES string of the molecule is Cc1ccc(S(=O)(=O)N2CCN(C(=O)CCc3nc(-c4ccc(Cl)cc4)no3)CC2)cc1C.